The summed E-state index contributed by atoms with van der Waals surface area (Å²) >= 11 is 0. The predicted octanol–water partition coefficient (Wildman–Crippen LogP) is 2.93. The largest absolute Gasteiger partial charge is 0.391 e. The minimum absolute atomic E-state index is 0.0563. The van der Waals surface area contributed by atoms with E-state index in [0.717, 1.165) is 0 Å². The normalized spacial score (nSPS) is 25.1. The fourth-order valence-electron chi connectivity index (χ4n) is 4.27. The van der Waals surface area contributed by atoms with Gasteiger partial charge in [0.25, 0.3) is 0 Å². The molecule has 1 aromatic heterocycles. The zero-order valence-electron chi connectivity index (χ0n) is 16.5. The Hall–Kier alpha value is -1.62. The average molecular weight is 437 g/mol. The molecule has 1 aromatic rings. The van der Waals surface area contributed by atoms with E-state index < -0.39 is 34.1 Å². The molecule has 1 N–H and O–H groups in total. The van der Waals surface area contributed by atoms with E-state index in [0.29, 0.717) is 31.4 Å². The average Bonchev–Trinajstić information content (AvgIpc) is 3.00. The SMILES string of the molecule is Cc1noc(C)c1S(=O)(=O)N1CCC(C(=O)NC2CCCC(C(F)(F)F)C2)CC1. The predicted molar refractivity (Wildman–Crippen MR) is 97.4 cm³/mol. The number of amides is 1. The van der Waals surface area contributed by atoms with E-state index >= 15 is 0 Å². The Bertz CT molecular complexity index is 826. The second-order valence-corrected chi connectivity index (χ2v) is 9.82. The van der Waals surface area contributed by atoms with Crippen LogP contribution in [0.5, 0.6) is 0 Å². The number of hydrogen-bond acceptors (Lipinski definition) is 5. The van der Waals surface area contributed by atoms with Crippen LogP contribution in [0.2, 0.25) is 0 Å². The summed E-state index contributed by atoms with van der Waals surface area (Å²) in [7, 11) is -3.76. The summed E-state index contributed by atoms with van der Waals surface area (Å²) in [5, 5.41) is 6.44. The van der Waals surface area contributed by atoms with Crippen LogP contribution in [0, 0.1) is 25.7 Å². The number of piperidine rings is 1. The molecule has 2 atom stereocenters. The van der Waals surface area contributed by atoms with Gasteiger partial charge in [-0.3, -0.25) is 4.79 Å². The Kier molecular flexibility index (Phi) is 6.28. The minimum atomic E-state index is -4.23. The number of halogens is 3. The van der Waals surface area contributed by atoms with Gasteiger partial charge < -0.3 is 9.84 Å². The molecule has 2 heterocycles. The second-order valence-electron chi connectivity index (χ2n) is 7.94. The fourth-order valence-corrected chi connectivity index (χ4v) is 6.03. The van der Waals surface area contributed by atoms with E-state index in [1.54, 1.807) is 6.92 Å². The number of nitrogens with zero attached hydrogens (tertiary/aromatic N) is 2. The number of sulfonamides is 1. The number of aromatic nitrogens is 1. The van der Waals surface area contributed by atoms with Gasteiger partial charge in [0.1, 0.15) is 10.6 Å². The van der Waals surface area contributed by atoms with Crippen LogP contribution in [-0.2, 0) is 14.8 Å². The number of carbonyl (C=O) groups is 1. The van der Waals surface area contributed by atoms with Crippen molar-refractivity contribution in [1.29, 1.82) is 0 Å². The van der Waals surface area contributed by atoms with Gasteiger partial charge in [0.2, 0.25) is 15.9 Å². The molecule has 1 saturated carbocycles. The number of alkyl halides is 3. The van der Waals surface area contributed by atoms with Crippen molar-refractivity contribution in [3.63, 3.8) is 0 Å². The summed E-state index contributed by atoms with van der Waals surface area (Å²) in [5.74, 6) is -1.84. The van der Waals surface area contributed by atoms with Gasteiger partial charge in [0.15, 0.2) is 5.76 Å². The van der Waals surface area contributed by atoms with Crippen molar-refractivity contribution in [2.45, 2.75) is 69.5 Å². The lowest BCUT2D eigenvalue weighted by Gasteiger charge is -2.34. The molecular formula is C18H26F3N3O4S. The highest BCUT2D eigenvalue weighted by Gasteiger charge is 2.43. The first kappa shape index (κ1) is 22.1. The molecule has 0 bridgehead atoms. The fraction of sp³-hybridized carbons (Fsp3) is 0.778. The van der Waals surface area contributed by atoms with Crippen molar-refractivity contribution in [2.24, 2.45) is 11.8 Å². The maximum Gasteiger partial charge on any atom is 0.391 e. The smallest absolute Gasteiger partial charge is 0.360 e. The number of nitrogens with one attached hydrogen (secondary N) is 1. The van der Waals surface area contributed by atoms with Gasteiger partial charge >= 0.3 is 6.18 Å². The van der Waals surface area contributed by atoms with E-state index in [-0.39, 0.29) is 42.5 Å². The molecule has 11 heteroatoms. The highest BCUT2D eigenvalue weighted by atomic mass is 32.2. The lowest BCUT2D eigenvalue weighted by atomic mass is 9.84. The molecular weight excluding hydrogens is 411 g/mol. The second kappa shape index (κ2) is 8.25. The summed E-state index contributed by atoms with van der Waals surface area (Å²) in [5.41, 5.74) is 0.291. The topological polar surface area (TPSA) is 92.5 Å². The van der Waals surface area contributed by atoms with Crippen LogP contribution >= 0.6 is 0 Å². The highest BCUT2D eigenvalue weighted by molar-refractivity contribution is 7.89. The van der Waals surface area contributed by atoms with E-state index in [9.17, 15) is 26.4 Å². The third-order valence-corrected chi connectivity index (χ3v) is 8.02. The molecule has 29 heavy (non-hydrogen) atoms. The number of carbonyl (C=O) groups excluding carboxylic acids is 1. The maximum atomic E-state index is 12.9. The van der Waals surface area contributed by atoms with Gasteiger partial charge in [0, 0.05) is 25.0 Å². The summed E-state index contributed by atoms with van der Waals surface area (Å²) in [6.45, 7) is 3.42. The lowest BCUT2D eigenvalue weighted by Crippen LogP contribution is -2.47. The zero-order valence-corrected chi connectivity index (χ0v) is 17.3. The van der Waals surface area contributed by atoms with Gasteiger partial charge in [-0.15, -0.1) is 0 Å². The molecule has 2 aliphatic rings. The van der Waals surface area contributed by atoms with Crippen LogP contribution in [0.15, 0.2) is 9.42 Å². The van der Waals surface area contributed by atoms with Gasteiger partial charge in [-0.05, 0) is 46.0 Å². The van der Waals surface area contributed by atoms with Crippen LogP contribution in [0.25, 0.3) is 0 Å². The van der Waals surface area contributed by atoms with Crippen LogP contribution in [0.4, 0.5) is 13.2 Å². The van der Waals surface area contributed by atoms with Gasteiger partial charge in [-0.2, -0.15) is 17.5 Å². The Morgan fingerprint density at radius 1 is 1.17 bits per heavy atom. The Labute approximate surface area is 168 Å². The molecule has 1 aliphatic heterocycles. The number of hydrogen-bond donors (Lipinski definition) is 1. The zero-order chi connectivity index (χ0) is 21.4. The van der Waals surface area contributed by atoms with Crippen LogP contribution < -0.4 is 5.32 Å². The van der Waals surface area contributed by atoms with E-state index in [1.165, 1.54) is 11.2 Å². The number of rotatable bonds is 4. The van der Waals surface area contributed by atoms with Crippen molar-refractivity contribution < 1.29 is 30.9 Å². The summed E-state index contributed by atoms with van der Waals surface area (Å²) in [6, 6.07) is -0.480. The van der Waals surface area contributed by atoms with E-state index in [1.807, 2.05) is 0 Å². The Morgan fingerprint density at radius 2 is 1.83 bits per heavy atom. The number of aryl methyl sites for hydroxylation is 2. The minimum Gasteiger partial charge on any atom is -0.360 e. The van der Waals surface area contributed by atoms with Crippen LogP contribution in [0.1, 0.15) is 50.0 Å². The molecule has 164 valence electrons. The molecule has 0 radical (unpaired) electrons. The molecule has 1 saturated heterocycles. The molecule has 2 fully saturated rings. The molecule has 1 aliphatic carbocycles. The molecule has 0 spiro atoms. The Balaban J connectivity index is 1.56. The Morgan fingerprint density at radius 3 is 2.38 bits per heavy atom. The molecule has 3 rings (SSSR count). The maximum absolute atomic E-state index is 12.9. The first-order valence-corrected chi connectivity index (χ1v) is 11.2. The van der Waals surface area contributed by atoms with Gasteiger partial charge in [-0.1, -0.05) is 11.6 Å². The van der Waals surface area contributed by atoms with Gasteiger partial charge in [0.05, 0.1) is 5.92 Å². The lowest BCUT2D eigenvalue weighted by molar-refractivity contribution is -0.184. The van der Waals surface area contributed by atoms with Crippen molar-refractivity contribution in [1.82, 2.24) is 14.8 Å². The summed E-state index contributed by atoms with van der Waals surface area (Å²) in [4.78, 5) is 12.6. The third-order valence-electron chi connectivity index (χ3n) is 5.87. The van der Waals surface area contributed by atoms with Crippen LogP contribution in [0.3, 0.4) is 0 Å². The van der Waals surface area contributed by atoms with Crippen molar-refractivity contribution >= 4 is 15.9 Å². The molecule has 0 aromatic carbocycles. The molecule has 1 amide bonds. The summed E-state index contributed by atoms with van der Waals surface area (Å²) < 4.78 is 70.8. The monoisotopic (exact) mass is 437 g/mol. The van der Waals surface area contributed by atoms with Crippen LogP contribution in [-0.4, -0.2) is 49.1 Å². The standard InChI is InChI=1S/C18H26F3N3O4S/c1-11-16(12(2)28-23-11)29(26,27)24-8-6-13(7-9-24)17(25)22-15-5-3-4-14(10-15)18(19,20)21/h13-15H,3-10H2,1-2H3,(H,22,25). The quantitative estimate of drug-likeness (QED) is 0.782. The van der Waals surface area contributed by atoms with Gasteiger partial charge in [-0.25, -0.2) is 8.42 Å². The first-order chi connectivity index (χ1) is 13.5. The molecule has 2 unspecified atom stereocenters. The van der Waals surface area contributed by atoms with Crippen molar-refractivity contribution in [2.75, 3.05) is 13.1 Å². The van der Waals surface area contributed by atoms with E-state index in [4.69, 9.17) is 4.52 Å². The molecule has 7 nitrogen and oxygen atoms in total. The highest BCUT2D eigenvalue weighted by Crippen LogP contribution is 2.37. The first-order valence-electron chi connectivity index (χ1n) is 9.80. The van der Waals surface area contributed by atoms with Crippen molar-refractivity contribution in [3.05, 3.63) is 11.5 Å². The van der Waals surface area contributed by atoms with Crippen molar-refractivity contribution in [3.8, 4) is 0 Å². The summed E-state index contributed by atoms with van der Waals surface area (Å²) in [6.07, 6.45) is -2.60. The third kappa shape index (κ3) is 4.76. The van der Waals surface area contributed by atoms with E-state index in [2.05, 4.69) is 10.5 Å².